The summed E-state index contributed by atoms with van der Waals surface area (Å²) >= 11 is 0. The van der Waals surface area contributed by atoms with Crippen LogP contribution >= 0.6 is 0 Å². The zero-order valence-corrected chi connectivity index (χ0v) is 33.2. The summed E-state index contributed by atoms with van der Waals surface area (Å²) in [5, 5.41) is 33.2. The second kappa shape index (κ2) is 15.8. The van der Waals surface area contributed by atoms with Gasteiger partial charge in [0.1, 0.15) is 25.6 Å². The van der Waals surface area contributed by atoms with Crippen LogP contribution in [-0.2, 0) is 30.4 Å². The molecule has 0 aliphatic carbocycles. The monoisotopic (exact) mass is 723 g/mol. The van der Waals surface area contributed by atoms with Gasteiger partial charge < -0.3 is 14.8 Å². The normalized spacial score (nSPS) is 12.4. The summed E-state index contributed by atoms with van der Waals surface area (Å²) in [7, 11) is -15.5. The number of hydrogen-bond donors (Lipinski definition) is 2. The molecule has 0 amide bonds. The molecule has 47 heavy (non-hydrogen) atoms. The average molecular weight is 724 g/mol. The van der Waals surface area contributed by atoms with E-state index in [9.17, 15) is 49.1 Å². The van der Waals surface area contributed by atoms with Gasteiger partial charge in [-0.25, -0.2) is 8.42 Å². The minimum Gasteiger partial charge on any atom is -0.870 e. The van der Waals surface area contributed by atoms with Gasteiger partial charge in [-0.05, 0) is 46.5 Å². The van der Waals surface area contributed by atoms with Gasteiger partial charge in [-0.1, -0.05) is 66.4 Å². The number of aliphatic imine (C=N–C) groups is 1. The number of fused-ring (bicyclic) bond motifs is 2. The molecule has 0 fully saturated rings. The van der Waals surface area contributed by atoms with Crippen LogP contribution in [0.3, 0.4) is 0 Å². The van der Waals surface area contributed by atoms with Crippen molar-refractivity contribution >= 4 is 74.9 Å². The Hall–Kier alpha value is -1.78. The van der Waals surface area contributed by atoms with Crippen molar-refractivity contribution in [3.05, 3.63) is 90.5 Å². The fraction of sp³-hybridized carbons (Fsp3) is 0. The molecule has 0 atom stereocenters. The molecule has 0 aliphatic rings. The first kappa shape index (κ1) is 41.4. The van der Waals surface area contributed by atoms with Crippen molar-refractivity contribution in [3.63, 3.8) is 0 Å². The van der Waals surface area contributed by atoms with Crippen LogP contribution in [0.15, 0.2) is 115 Å². The molecule has 5 rings (SSSR count). The summed E-state index contributed by atoms with van der Waals surface area (Å²) in [6.45, 7) is 0. The molecule has 0 aromatic heterocycles. The van der Waals surface area contributed by atoms with E-state index in [0.717, 1.165) is 6.07 Å². The second-order valence-electron chi connectivity index (χ2n) is 9.12. The van der Waals surface area contributed by atoms with Gasteiger partial charge in [0.2, 0.25) is 0 Å². The number of benzene rings is 5. The molecule has 0 bridgehead atoms. The number of rotatable bonds is 7. The van der Waals surface area contributed by atoms with Gasteiger partial charge in [0.05, 0.1) is 16.3 Å². The zero-order chi connectivity index (χ0) is 32.0. The van der Waals surface area contributed by atoms with Crippen molar-refractivity contribution in [2.75, 3.05) is 0 Å². The fourth-order valence-corrected chi connectivity index (χ4v) is 6.40. The van der Waals surface area contributed by atoms with Gasteiger partial charge in [-0.2, -0.15) is 16.8 Å². The molecule has 14 nitrogen and oxygen atoms in total. The van der Waals surface area contributed by atoms with Crippen LogP contribution < -0.4 is 98.9 Å². The summed E-state index contributed by atoms with van der Waals surface area (Å²) in [6, 6.07) is 17.8. The van der Waals surface area contributed by atoms with Crippen molar-refractivity contribution in [3.8, 4) is 5.75 Å². The summed E-state index contributed by atoms with van der Waals surface area (Å²) in [4.78, 5) is 0.922. The van der Waals surface area contributed by atoms with Gasteiger partial charge >= 0.3 is 88.7 Å². The molecular weight excluding hydrogens is 707 g/mol. The van der Waals surface area contributed by atoms with Crippen LogP contribution in [0, 0.1) is 0 Å². The Labute approximate surface area is 334 Å². The van der Waals surface area contributed by atoms with E-state index in [1.165, 1.54) is 42.5 Å². The molecule has 0 saturated carbocycles. The Morgan fingerprint density at radius 3 is 1.89 bits per heavy atom. The van der Waals surface area contributed by atoms with E-state index in [4.69, 9.17) is 0 Å². The largest absolute Gasteiger partial charge is 1.00 e. The third kappa shape index (κ3) is 9.07. The number of azo groups is 1. The quantitative estimate of drug-likeness (QED) is 0.0527. The molecule has 20 heteroatoms. The van der Waals surface area contributed by atoms with Crippen molar-refractivity contribution in [2.45, 2.75) is 14.7 Å². The molecule has 5 aromatic rings. The van der Waals surface area contributed by atoms with Gasteiger partial charge in [0, 0.05) is 10.8 Å². The van der Waals surface area contributed by atoms with Gasteiger partial charge in [-0.3, -0.25) is 14.1 Å². The second-order valence-corrected chi connectivity index (χ2v) is 13.2. The standard InChI is InChI=1S/C27H19N3O11S3.3Na/c31-25-23-17(12-18(42(33,34)35)14-21(23)28-27(32)16-7-2-1-3-8-16)13-22(43(36,37)38)24(25)30-29-20-11-10-15-6-4-5-9-19(15)26(20)44(39,40)41;;;/h1-14,31H,(H,28,32)(H,33,34,35)(H,36,37,38)(H,39,40,41);;;/q;3*+1/p-3. The Morgan fingerprint density at radius 1 is 0.681 bits per heavy atom. The van der Waals surface area contributed by atoms with E-state index in [1.807, 2.05) is 0 Å². The van der Waals surface area contributed by atoms with Gasteiger partial charge in [0.15, 0.2) is 0 Å². The Kier molecular flexibility index (Phi) is 13.9. The molecule has 226 valence electrons. The van der Waals surface area contributed by atoms with Gasteiger partial charge in [-0.15, -0.1) is 10.2 Å². The van der Waals surface area contributed by atoms with E-state index < -0.39 is 84.5 Å². The smallest absolute Gasteiger partial charge is 0.870 e. The molecule has 0 saturated heterocycles. The maximum atomic E-state index is 13.7. The molecular formula is C27H16N3Na3O11S3. The van der Waals surface area contributed by atoms with E-state index in [0.29, 0.717) is 23.6 Å². The Balaban J connectivity index is 0.00000256. The maximum Gasteiger partial charge on any atom is 1.00 e. The van der Waals surface area contributed by atoms with Crippen LogP contribution in [0.25, 0.3) is 21.5 Å². The van der Waals surface area contributed by atoms with Gasteiger partial charge in [0.25, 0.3) is 20.2 Å². The molecule has 5 aromatic carbocycles. The first-order valence-corrected chi connectivity index (χ1v) is 16.3. The van der Waals surface area contributed by atoms with E-state index in [1.54, 1.807) is 18.2 Å². The van der Waals surface area contributed by atoms with Crippen molar-refractivity contribution in [1.82, 2.24) is 0 Å². The van der Waals surface area contributed by atoms with Crippen molar-refractivity contribution < 1.29 is 138 Å². The van der Waals surface area contributed by atoms with E-state index in [-0.39, 0.29) is 99.6 Å². The SMILES string of the molecule is O=S(=O)([O-])c1cc(N=C([O-])c2ccccc2)c2c([O-])c(N=Nc3ccc4ccccc4c3S(=O)(=O)O)c(S(=O)(=O)O)cc2c1.[Na+].[Na+].[Na+]. The first-order chi connectivity index (χ1) is 20.6. The number of nitrogens with zero attached hydrogens (tertiary/aromatic N) is 3. The molecule has 0 aliphatic heterocycles. The van der Waals surface area contributed by atoms with Crippen molar-refractivity contribution in [2.24, 2.45) is 15.2 Å². The molecule has 0 heterocycles. The van der Waals surface area contributed by atoms with Crippen LogP contribution in [0.2, 0.25) is 0 Å². The summed E-state index contributed by atoms with van der Waals surface area (Å²) < 4.78 is 105. The van der Waals surface area contributed by atoms with Crippen LogP contribution in [0.4, 0.5) is 17.1 Å². The molecule has 0 unspecified atom stereocenters. The fourth-order valence-electron chi connectivity index (χ4n) is 4.39. The van der Waals surface area contributed by atoms with Crippen molar-refractivity contribution in [1.29, 1.82) is 0 Å². The zero-order valence-electron chi connectivity index (χ0n) is 24.7. The third-order valence-electron chi connectivity index (χ3n) is 6.27. The van der Waals surface area contributed by atoms with E-state index >= 15 is 0 Å². The predicted octanol–water partition coefficient (Wildman–Crippen LogP) is -5.67. The number of hydrogen-bond acceptors (Lipinski definition) is 12. The van der Waals surface area contributed by atoms with Crippen LogP contribution in [0.5, 0.6) is 5.75 Å². The summed E-state index contributed by atoms with van der Waals surface area (Å²) in [5.74, 6) is -2.29. The van der Waals surface area contributed by atoms with Crippen LogP contribution in [-0.4, -0.2) is 44.8 Å². The summed E-state index contributed by atoms with van der Waals surface area (Å²) in [6.07, 6.45) is 0. The average Bonchev–Trinajstić information content (AvgIpc) is 2.94. The topological polar surface area (TPSA) is 249 Å². The first-order valence-electron chi connectivity index (χ1n) is 12.0. The van der Waals surface area contributed by atoms with E-state index in [2.05, 4.69) is 15.2 Å². The van der Waals surface area contributed by atoms with Crippen LogP contribution in [0.1, 0.15) is 5.56 Å². The Bertz CT molecular complexity index is 2390. The molecule has 2 N–H and O–H groups in total. The minimum absolute atomic E-state index is 0. The summed E-state index contributed by atoms with van der Waals surface area (Å²) in [5.41, 5.74) is -2.20. The Morgan fingerprint density at radius 2 is 1.30 bits per heavy atom. The molecule has 0 spiro atoms. The maximum absolute atomic E-state index is 13.7. The predicted molar refractivity (Wildman–Crippen MR) is 152 cm³/mol. The minimum atomic E-state index is -5.30. The third-order valence-corrected chi connectivity index (χ3v) is 8.89. The molecule has 0 radical (unpaired) electrons.